The number of aliphatic imine (C=N–C) groups is 2. The zero-order chi connectivity index (χ0) is 13.4. The first kappa shape index (κ1) is 12.4. The predicted octanol–water partition coefficient (Wildman–Crippen LogP) is 2.42. The molecule has 1 N–H and O–H groups in total. The Balaban J connectivity index is 2.20. The summed E-state index contributed by atoms with van der Waals surface area (Å²) in [6.45, 7) is 3.08. The number of fused-ring (bicyclic) bond motifs is 4. The predicted molar refractivity (Wildman–Crippen MR) is 77.5 cm³/mol. The van der Waals surface area contributed by atoms with Crippen LogP contribution in [0.4, 0.5) is 5.69 Å². The van der Waals surface area contributed by atoms with Gasteiger partial charge in [-0.15, -0.1) is 0 Å². The fourth-order valence-corrected chi connectivity index (χ4v) is 2.75. The van der Waals surface area contributed by atoms with E-state index in [1.807, 2.05) is 19.1 Å². The van der Waals surface area contributed by atoms with Crippen molar-refractivity contribution in [3.8, 4) is 0 Å². The van der Waals surface area contributed by atoms with Crippen LogP contribution < -0.4 is 5.32 Å². The van der Waals surface area contributed by atoms with Crippen molar-refractivity contribution in [2.45, 2.75) is 6.92 Å². The topological polar surface area (TPSA) is 53.8 Å². The van der Waals surface area contributed by atoms with Crippen molar-refractivity contribution in [2.24, 2.45) is 21.8 Å². The van der Waals surface area contributed by atoms with E-state index < -0.39 is 0 Å². The summed E-state index contributed by atoms with van der Waals surface area (Å²) in [5, 5.41) is 3.60. The van der Waals surface area contributed by atoms with Crippen LogP contribution in [0.5, 0.6) is 0 Å². The van der Waals surface area contributed by atoms with Gasteiger partial charge in [-0.3, -0.25) is 14.8 Å². The van der Waals surface area contributed by atoms with Gasteiger partial charge in [0.1, 0.15) is 0 Å². The maximum absolute atomic E-state index is 12.3. The smallest absolute Gasteiger partial charge is 0.230 e. The summed E-state index contributed by atoms with van der Waals surface area (Å²) in [6, 6.07) is 5.48. The molecular weight excluding hydrogens is 262 g/mol. The summed E-state index contributed by atoms with van der Waals surface area (Å²) < 4.78 is 0. The van der Waals surface area contributed by atoms with E-state index in [-0.39, 0.29) is 17.7 Å². The number of amides is 1. The highest BCUT2D eigenvalue weighted by molar-refractivity contribution is 6.31. The van der Waals surface area contributed by atoms with Gasteiger partial charge in [0.05, 0.1) is 19.0 Å². The number of anilines is 1. The number of halogens is 1. The van der Waals surface area contributed by atoms with Gasteiger partial charge in [-0.05, 0) is 18.2 Å². The Labute approximate surface area is 116 Å². The number of nitrogens with one attached hydrogen (secondary N) is 1. The molecule has 19 heavy (non-hydrogen) atoms. The van der Waals surface area contributed by atoms with Gasteiger partial charge >= 0.3 is 0 Å². The Morgan fingerprint density at radius 2 is 2.26 bits per heavy atom. The lowest BCUT2D eigenvalue weighted by Gasteiger charge is -2.20. The van der Waals surface area contributed by atoms with Crippen molar-refractivity contribution < 1.29 is 4.79 Å². The van der Waals surface area contributed by atoms with Crippen LogP contribution >= 0.6 is 11.6 Å². The van der Waals surface area contributed by atoms with Gasteiger partial charge in [-0.25, -0.2) is 0 Å². The third-order valence-electron chi connectivity index (χ3n) is 3.66. The molecule has 0 saturated carbocycles. The molecule has 0 saturated heterocycles. The summed E-state index contributed by atoms with van der Waals surface area (Å²) >= 11 is 6.07. The molecule has 3 rings (SSSR count). The first-order chi connectivity index (χ1) is 9.16. The molecule has 0 radical (unpaired) electrons. The molecule has 2 atom stereocenters. The van der Waals surface area contributed by atoms with Crippen LogP contribution in [0.25, 0.3) is 0 Å². The van der Waals surface area contributed by atoms with Gasteiger partial charge in [-0.2, -0.15) is 0 Å². The summed E-state index contributed by atoms with van der Waals surface area (Å²) in [6.07, 6.45) is 1.77. The average Bonchev–Trinajstić information content (AvgIpc) is 2.47. The van der Waals surface area contributed by atoms with Crippen molar-refractivity contribution in [3.05, 3.63) is 28.8 Å². The van der Waals surface area contributed by atoms with E-state index in [4.69, 9.17) is 11.6 Å². The van der Waals surface area contributed by atoms with E-state index in [0.717, 1.165) is 17.0 Å². The molecule has 0 fully saturated rings. The monoisotopic (exact) mass is 275 g/mol. The molecule has 2 bridgehead atoms. The molecule has 5 heteroatoms. The maximum Gasteiger partial charge on any atom is 0.230 e. The molecule has 98 valence electrons. The summed E-state index contributed by atoms with van der Waals surface area (Å²) in [5.74, 6) is -0.140. The largest absolute Gasteiger partial charge is 0.325 e. The standard InChI is InChI=1S/C14H14ClN3O/c1-8-11-7-16-4-5-17-13(8)10-6-9(15)2-3-12(10)18-14(11)19/h2-4,6,8,11H,5,7H2,1H3,(H,18,19). The summed E-state index contributed by atoms with van der Waals surface area (Å²) in [4.78, 5) is 21.1. The van der Waals surface area contributed by atoms with Gasteiger partial charge in [0, 0.05) is 34.1 Å². The Morgan fingerprint density at radius 3 is 3.11 bits per heavy atom. The molecule has 2 unspecified atom stereocenters. The minimum Gasteiger partial charge on any atom is -0.325 e. The molecule has 2 aliphatic heterocycles. The highest BCUT2D eigenvalue weighted by atomic mass is 35.5. The van der Waals surface area contributed by atoms with Crippen molar-refractivity contribution in [2.75, 3.05) is 18.4 Å². The second kappa shape index (κ2) is 4.78. The van der Waals surface area contributed by atoms with Crippen molar-refractivity contribution in [1.82, 2.24) is 0 Å². The third-order valence-corrected chi connectivity index (χ3v) is 3.90. The molecule has 0 spiro atoms. The van der Waals surface area contributed by atoms with Gasteiger partial charge in [0.2, 0.25) is 5.91 Å². The Bertz CT molecular complexity index is 594. The van der Waals surface area contributed by atoms with E-state index in [1.54, 1.807) is 12.3 Å². The van der Waals surface area contributed by atoms with Crippen molar-refractivity contribution in [1.29, 1.82) is 0 Å². The molecule has 1 aromatic rings. The SMILES string of the molecule is CC1C2=NCC=NCC1C(=O)Nc1ccc(Cl)cc12. The lowest BCUT2D eigenvalue weighted by Crippen LogP contribution is -2.32. The van der Waals surface area contributed by atoms with Crippen LogP contribution in [-0.2, 0) is 4.79 Å². The van der Waals surface area contributed by atoms with Crippen LogP contribution in [0.2, 0.25) is 5.02 Å². The van der Waals surface area contributed by atoms with Crippen molar-refractivity contribution >= 4 is 35.1 Å². The number of hydrogen-bond donors (Lipinski definition) is 1. The fourth-order valence-electron chi connectivity index (χ4n) is 2.58. The Kier molecular flexibility index (Phi) is 3.11. The highest BCUT2D eigenvalue weighted by Gasteiger charge is 2.34. The molecule has 1 amide bonds. The minimum atomic E-state index is -0.179. The normalized spacial score (nSPS) is 25.6. The van der Waals surface area contributed by atoms with E-state index in [9.17, 15) is 4.79 Å². The lowest BCUT2D eigenvalue weighted by atomic mass is 9.86. The zero-order valence-corrected chi connectivity index (χ0v) is 11.3. The second-order valence-electron chi connectivity index (χ2n) is 4.85. The van der Waals surface area contributed by atoms with Crippen LogP contribution in [0.15, 0.2) is 28.2 Å². The van der Waals surface area contributed by atoms with Crippen LogP contribution in [0.1, 0.15) is 12.5 Å². The maximum atomic E-state index is 12.3. The van der Waals surface area contributed by atoms with Crippen molar-refractivity contribution in [3.63, 3.8) is 0 Å². The first-order valence-electron chi connectivity index (χ1n) is 6.30. The molecule has 2 aliphatic rings. The second-order valence-corrected chi connectivity index (χ2v) is 5.28. The van der Waals surface area contributed by atoms with Crippen LogP contribution in [0, 0.1) is 11.8 Å². The molecule has 0 aromatic heterocycles. The van der Waals surface area contributed by atoms with E-state index in [1.165, 1.54) is 0 Å². The summed E-state index contributed by atoms with van der Waals surface area (Å²) in [7, 11) is 0. The fraction of sp³-hybridized carbons (Fsp3) is 0.357. The quantitative estimate of drug-likeness (QED) is 0.777. The number of rotatable bonds is 0. The molecule has 4 nitrogen and oxygen atoms in total. The Hall–Kier alpha value is -1.68. The molecule has 0 aliphatic carbocycles. The molecule has 1 aromatic carbocycles. The number of hydrogen-bond acceptors (Lipinski definition) is 3. The van der Waals surface area contributed by atoms with Crippen LogP contribution in [-0.4, -0.2) is 30.9 Å². The number of carbonyl (C=O) groups is 1. The molecule has 2 heterocycles. The van der Waals surface area contributed by atoms with Gasteiger partial charge in [0.15, 0.2) is 0 Å². The van der Waals surface area contributed by atoms with E-state index in [0.29, 0.717) is 18.1 Å². The third kappa shape index (κ3) is 2.16. The number of carbonyl (C=O) groups excluding carboxylic acids is 1. The first-order valence-corrected chi connectivity index (χ1v) is 6.68. The van der Waals surface area contributed by atoms with E-state index in [2.05, 4.69) is 15.3 Å². The minimum absolute atomic E-state index is 0.000299. The lowest BCUT2D eigenvalue weighted by molar-refractivity contribution is -0.120. The highest BCUT2D eigenvalue weighted by Crippen LogP contribution is 2.31. The van der Waals surface area contributed by atoms with Gasteiger partial charge < -0.3 is 5.32 Å². The van der Waals surface area contributed by atoms with Crippen LogP contribution in [0.3, 0.4) is 0 Å². The van der Waals surface area contributed by atoms with E-state index >= 15 is 0 Å². The van der Waals surface area contributed by atoms with Gasteiger partial charge in [-0.1, -0.05) is 18.5 Å². The summed E-state index contributed by atoms with van der Waals surface area (Å²) in [5.41, 5.74) is 2.64. The van der Waals surface area contributed by atoms with Gasteiger partial charge in [0.25, 0.3) is 0 Å². The Morgan fingerprint density at radius 1 is 1.42 bits per heavy atom. The number of nitrogens with zero attached hydrogens (tertiary/aromatic N) is 2. The molecular formula is C14H14ClN3O. The number of benzene rings is 1. The zero-order valence-electron chi connectivity index (χ0n) is 10.6. The average molecular weight is 276 g/mol.